The van der Waals surface area contributed by atoms with Crippen LogP contribution in [0.2, 0.25) is 0 Å². The topological polar surface area (TPSA) is 80.9 Å². The Morgan fingerprint density at radius 2 is 0.333 bits per heavy atom. The van der Waals surface area contributed by atoms with Crippen molar-refractivity contribution in [2.24, 2.45) is 0 Å². The first-order valence-electron chi connectivity index (χ1n) is 6.89. The van der Waals surface area contributed by atoms with Crippen LogP contribution in [0.4, 0.5) is 0 Å². The number of hydrogen-bond acceptors (Lipinski definition) is 4. The van der Waals surface area contributed by atoms with Gasteiger partial charge in [0.05, 0.1) is 22.4 Å². The van der Waals surface area contributed by atoms with Crippen LogP contribution in [-0.2, 0) is 17.4 Å². The summed E-state index contributed by atoms with van der Waals surface area (Å²) >= 11 is 0. The van der Waals surface area contributed by atoms with Gasteiger partial charge in [-0.2, -0.15) is 0 Å². The largest absolute Gasteiger partial charge is 0.391 e. The third-order valence-corrected chi connectivity index (χ3v) is 0. The van der Waals surface area contributed by atoms with Gasteiger partial charge in [-0.15, -0.1) is 0 Å². The molecule has 0 amide bonds. The second-order valence-electron chi connectivity index (χ2n) is 8.68. The van der Waals surface area contributed by atoms with Crippen LogP contribution in [0, 0.1) is 0 Å². The normalized spacial score (nSPS) is 11.4. The zero-order chi connectivity index (χ0) is 18.0. The first-order valence-corrected chi connectivity index (χ1v) is 6.89. The molecule has 0 aliphatic carbocycles. The van der Waals surface area contributed by atoms with Crippen molar-refractivity contribution in [3.05, 3.63) is 0 Å². The van der Waals surface area contributed by atoms with Gasteiger partial charge in [0.2, 0.25) is 0 Å². The minimum Gasteiger partial charge on any atom is -0.391 e. The van der Waals surface area contributed by atoms with E-state index in [1.54, 1.807) is 83.1 Å². The second-order valence-corrected chi connectivity index (χ2v) is 8.68. The SMILES string of the molecule is CC(C)(C)O.CC(C)(C)O.CC(C)(C)O.CC(C)(C)O.[Cr]. The van der Waals surface area contributed by atoms with Gasteiger partial charge in [0.15, 0.2) is 0 Å². The van der Waals surface area contributed by atoms with E-state index in [0.29, 0.717) is 0 Å². The zero-order valence-electron chi connectivity index (χ0n) is 16.2. The van der Waals surface area contributed by atoms with E-state index in [-0.39, 0.29) is 17.4 Å². The van der Waals surface area contributed by atoms with Gasteiger partial charge in [0.1, 0.15) is 0 Å². The number of rotatable bonds is 0. The van der Waals surface area contributed by atoms with Gasteiger partial charge in [0, 0.05) is 17.4 Å². The fourth-order valence-electron chi connectivity index (χ4n) is 0. The molecular formula is C16H40CrO4. The maximum absolute atomic E-state index is 8.52. The van der Waals surface area contributed by atoms with E-state index < -0.39 is 22.4 Å². The molecule has 4 nitrogen and oxygen atoms in total. The summed E-state index contributed by atoms with van der Waals surface area (Å²) < 4.78 is 0. The first-order chi connectivity index (χ1) is 8.00. The first kappa shape index (κ1) is 33.1. The molecule has 0 aromatic heterocycles. The van der Waals surface area contributed by atoms with Gasteiger partial charge in [-0.05, 0) is 83.1 Å². The fourth-order valence-corrected chi connectivity index (χ4v) is 0. The average Bonchev–Trinajstić information content (AvgIpc) is 1.62. The minimum atomic E-state index is -0.500. The van der Waals surface area contributed by atoms with E-state index in [1.807, 2.05) is 0 Å². The van der Waals surface area contributed by atoms with Crippen molar-refractivity contribution in [2.75, 3.05) is 0 Å². The van der Waals surface area contributed by atoms with Crippen LogP contribution in [0.5, 0.6) is 0 Å². The monoisotopic (exact) mass is 348 g/mol. The van der Waals surface area contributed by atoms with E-state index in [4.69, 9.17) is 20.4 Å². The van der Waals surface area contributed by atoms with Crippen molar-refractivity contribution < 1.29 is 37.8 Å². The molecule has 4 N–H and O–H groups in total. The molecule has 0 aliphatic heterocycles. The fraction of sp³-hybridized carbons (Fsp3) is 1.00. The Labute approximate surface area is 143 Å². The molecule has 0 unspecified atom stereocenters. The molecular weight excluding hydrogens is 308 g/mol. The smallest absolute Gasteiger partial charge is 0.0563 e. The number of aliphatic hydroxyl groups is 4. The van der Waals surface area contributed by atoms with Crippen LogP contribution < -0.4 is 0 Å². The Balaban J connectivity index is -0.0000000533. The summed E-state index contributed by atoms with van der Waals surface area (Å²) in [5, 5.41) is 34.1. The summed E-state index contributed by atoms with van der Waals surface area (Å²) in [6.07, 6.45) is 0. The predicted octanol–water partition coefficient (Wildman–Crippen LogP) is 3.11. The van der Waals surface area contributed by atoms with Crippen molar-refractivity contribution in [3.8, 4) is 0 Å². The van der Waals surface area contributed by atoms with Crippen LogP contribution in [0.3, 0.4) is 0 Å². The quantitative estimate of drug-likeness (QED) is 0.542. The van der Waals surface area contributed by atoms with Gasteiger partial charge in [-0.1, -0.05) is 0 Å². The van der Waals surface area contributed by atoms with Crippen molar-refractivity contribution in [3.63, 3.8) is 0 Å². The maximum atomic E-state index is 8.52. The van der Waals surface area contributed by atoms with E-state index >= 15 is 0 Å². The summed E-state index contributed by atoms with van der Waals surface area (Å²) in [5.74, 6) is 0. The Bertz CT molecular complexity index is 130. The van der Waals surface area contributed by atoms with Gasteiger partial charge < -0.3 is 20.4 Å². The Kier molecular flexibility index (Phi) is 20.3. The second kappa shape index (κ2) is 12.9. The molecule has 0 heterocycles. The Hall–Kier alpha value is 0.372. The maximum Gasteiger partial charge on any atom is 0.0563 e. The minimum absolute atomic E-state index is 0. The van der Waals surface area contributed by atoms with E-state index in [9.17, 15) is 0 Å². The molecule has 0 spiro atoms. The van der Waals surface area contributed by atoms with Crippen molar-refractivity contribution in [1.82, 2.24) is 0 Å². The van der Waals surface area contributed by atoms with Crippen LogP contribution in [0.25, 0.3) is 0 Å². The van der Waals surface area contributed by atoms with Crippen LogP contribution in [0.15, 0.2) is 0 Å². The summed E-state index contributed by atoms with van der Waals surface area (Å²) in [6.45, 7) is 20.9. The molecule has 0 saturated carbocycles. The third kappa shape index (κ3) is 49600. The van der Waals surface area contributed by atoms with Crippen molar-refractivity contribution >= 4 is 0 Å². The summed E-state index contributed by atoms with van der Waals surface area (Å²) in [7, 11) is 0. The van der Waals surface area contributed by atoms with E-state index in [0.717, 1.165) is 0 Å². The van der Waals surface area contributed by atoms with Crippen molar-refractivity contribution in [1.29, 1.82) is 0 Å². The third-order valence-electron chi connectivity index (χ3n) is 0. The van der Waals surface area contributed by atoms with Gasteiger partial charge in [-0.25, -0.2) is 0 Å². The molecule has 0 fully saturated rings. The van der Waals surface area contributed by atoms with E-state index in [2.05, 4.69) is 0 Å². The standard InChI is InChI=1S/4C4H10O.Cr/c4*1-4(2,3)5;/h4*5H,1-3H3;. The zero-order valence-corrected chi connectivity index (χ0v) is 17.5. The molecule has 0 atom stereocenters. The van der Waals surface area contributed by atoms with E-state index in [1.165, 1.54) is 0 Å². The summed E-state index contributed by atoms with van der Waals surface area (Å²) in [6, 6.07) is 0. The average molecular weight is 348 g/mol. The van der Waals surface area contributed by atoms with Gasteiger partial charge in [-0.3, -0.25) is 0 Å². The van der Waals surface area contributed by atoms with Crippen LogP contribution in [-0.4, -0.2) is 42.8 Å². The summed E-state index contributed by atoms with van der Waals surface area (Å²) in [5.41, 5.74) is -2.00. The molecule has 0 saturated heterocycles. The summed E-state index contributed by atoms with van der Waals surface area (Å²) in [4.78, 5) is 0. The molecule has 134 valence electrons. The molecule has 0 bridgehead atoms. The number of hydrogen-bond donors (Lipinski definition) is 4. The molecule has 5 heteroatoms. The molecule has 0 aromatic rings. The molecule has 0 radical (unpaired) electrons. The molecule has 0 rings (SSSR count). The predicted molar refractivity (Wildman–Crippen MR) is 87.9 cm³/mol. The molecule has 21 heavy (non-hydrogen) atoms. The van der Waals surface area contributed by atoms with Crippen molar-refractivity contribution in [2.45, 2.75) is 105 Å². The van der Waals surface area contributed by atoms with Crippen LogP contribution in [0.1, 0.15) is 83.1 Å². The Morgan fingerprint density at radius 3 is 0.333 bits per heavy atom. The molecule has 0 aromatic carbocycles. The van der Waals surface area contributed by atoms with Gasteiger partial charge >= 0.3 is 0 Å². The van der Waals surface area contributed by atoms with Gasteiger partial charge in [0.25, 0.3) is 0 Å². The molecule has 0 aliphatic rings. The Morgan fingerprint density at radius 1 is 0.333 bits per heavy atom. The van der Waals surface area contributed by atoms with Crippen LogP contribution >= 0.6 is 0 Å².